The molecule has 2 rings (SSSR count). The van der Waals surface area contributed by atoms with Crippen LogP contribution in [-0.2, 0) is 0 Å². The number of hydrogen-bond acceptors (Lipinski definition) is 3. The van der Waals surface area contributed by atoms with Gasteiger partial charge in [0.2, 0.25) is 0 Å². The lowest BCUT2D eigenvalue weighted by Gasteiger charge is -2.18. The topological polar surface area (TPSA) is 36.3 Å². The van der Waals surface area contributed by atoms with Crippen molar-refractivity contribution in [3.8, 4) is 11.8 Å². The first-order valence-electron chi connectivity index (χ1n) is 9.47. The number of ether oxygens (including phenoxy) is 1. The fraction of sp³-hybridized carbons (Fsp3) is 0.348. The van der Waals surface area contributed by atoms with Gasteiger partial charge in [-0.15, -0.1) is 0 Å². The highest BCUT2D eigenvalue weighted by molar-refractivity contribution is 5.97. The molecule has 3 nitrogen and oxygen atoms in total. The smallest absolute Gasteiger partial charge is 0.123 e. The fourth-order valence-electron chi connectivity index (χ4n) is 3.03. The Balaban J connectivity index is 2.17. The standard InChI is InChI=1S/C23H27FN2O/c1-4-22(23(17-25)19-7-11-20(24)12-8-19)18-9-13-21(14-10-18)27-16-15-26(5-2)6-3/h7-14H,4-6,15-16H2,1-3H3/b23-22-. The number of benzene rings is 2. The van der Waals surface area contributed by atoms with Crippen LogP contribution in [-0.4, -0.2) is 31.1 Å². The molecule has 0 N–H and O–H groups in total. The van der Waals surface area contributed by atoms with Crippen LogP contribution in [0.3, 0.4) is 0 Å². The van der Waals surface area contributed by atoms with Gasteiger partial charge in [-0.3, -0.25) is 0 Å². The lowest BCUT2D eigenvalue weighted by molar-refractivity contribution is 0.223. The van der Waals surface area contributed by atoms with Gasteiger partial charge in [0, 0.05) is 6.54 Å². The van der Waals surface area contributed by atoms with E-state index < -0.39 is 0 Å². The Labute approximate surface area is 161 Å². The van der Waals surface area contributed by atoms with Gasteiger partial charge in [-0.25, -0.2) is 4.39 Å². The molecule has 27 heavy (non-hydrogen) atoms. The maximum Gasteiger partial charge on any atom is 0.123 e. The van der Waals surface area contributed by atoms with Gasteiger partial charge < -0.3 is 9.64 Å². The number of hydrogen-bond donors (Lipinski definition) is 0. The second-order valence-corrected chi connectivity index (χ2v) is 6.23. The molecule has 0 aliphatic carbocycles. The summed E-state index contributed by atoms with van der Waals surface area (Å²) in [4.78, 5) is 2.31. The van der Waals surface area contributed by atoms with E-state index in [9.17, 15) is 9.65 Å². The number of nitriles is 1. The molecule has 0 unspecified atom stereocenters. The first-order valence-corrected chi connectivity index (χ1v) is 9.47. The van der Waals surface area contributed by atoms with E-state index in [1.165, 1.54) is 12.1 Å². The number of nitrogens with zero attached hydrogens (tertiary/aromatic N) is 2. The molecule has 0 aliphatic rings. The lowest BCUT2D eigenvalue weighted by Crippen LogP contribution is -2.27. The Morgan fingerprint density at radius 2 is 1.56 bits per heavy atom. The van der Waals surface area contributed by atoms with Crippen LogP contribution in [0.15, 0.2) is 48.5 Å². The van der Waals surface area contributed by atoms with Crippen LogP contribution in [0.2, 0.25) is 0 Å². The third-order valence-corrected chi connectivity index (χ3v) is 4.67. The number of allylic oxidation sites excluding steroid dienone is 2. The quantitative estimate of drug-likeness (QED) is 0.441. The van der Waals surface area contributed by atoms with Crippen molar-refractivity contribution >= 4 is 11.1 Å². The monoisotopic (exact) mass is 366 g/mol. The highest BCUT2D eigenvalue weighted by atomic mass is 19.1. The Bertz CT molecular complexity index is 785. The normalized spacial score (nSPS) is 11.9. The van der Waals surface area contributed by atoms with Crippen molar-refractivity contribution in [1.29, 1.82) is 5.26 Å². The van der Waals surface area contributed by atoms with Crippen molar-refractivity contribution in [3.05, 3.63) is 65.5 Å². The molecule has 0 saturated heterocycles. The summed E-state index contributed by atoms with van der Waals surface area (Å²) in [6.45, 7) is 9.89. The van der Waals surface area contributed by atoms with Crippen molar-refractivity contribution in [2.24, 2.45) is 0 Å². The SMILES string of the molecule is CC/C(=C(\C#N)c1ccc(F)cc1)c1ccc(OCCN(CC)CC)cc1. The summed E-state index contributed by atoms with van der Waals surface area (Å²) in [5.74, 6) is 0.516. The maximum atomic E-state index is 13.2. The molecule has 2 aromatic rings. The fourth-order valence-corrected chi connectivity index (χ4v) is 3.03. The number of likely N-dealkylation sites (N-methyl/N-ethyl adjacent to an activating group) is 1. The third-order valence-electron chi connectivity index (χ3n) is 4.67. The van der Waals surface area contributed by atoms with E-state index >= 15 is 0 Å². The minimum Gasteiger partial charge on any atom is -0.492 e. The van der Waals surface area contributed by atoms with Crippen LogP contribution in [0.5, 0.6) is 5.75 Å². The van der Waals surface area contributed by atoms with Gasteiger partial charge in [-0.2, -0.15) is 5.26 Å². The molecule has 0 atom stereocenters. The largest absolute Gasteiger partial charge is 0.492 e. The van der Waals surface area contributed by atoms with Crippen LogP contribution in [0, 0.1) is 17.1 Å². The van der Waals surface area contributed by atoms with E-state index in [0.29, 0.717) is 18.6 Å². The average molecular weight is 366 g/mol. The van der Waals surface area contributed by atoms with Crippen molar-refractivity contribution in [1.82, 2.24) is 4.90 Å². The molecule has 2 aromatic carbocycles. The van der Waals surface area contributed by atoms with E-state index in [2.05, 4.69) is 24.8 Å². The zero-order chi connectivity index (χ0) is 19.6. The van der Waals surface area contributed by atoms with E-state index in [4.69, 9.17) is 4.74 Å². The first-order chi connectivity index (χ1) is 13.1. The Kier molecular flexibility index (Phi) is 8.03. The van der Waals surface area contributed by atoms with Gasteiger partial charge in [0.25, 0.3) is 0 Å². The van der Waals surface area contributed by atoms with Gasteiger partial charge in [-0.1, -0.05) is 45.0 Å². The maximum absolute atomic E-state index is 13.2. The van der Waals surface area contributed by atoms with Crippen LogP contribution in [0.25, 0.3) is 11.1 Å². The summed E-state index contributed by atoms with van der Waals surface area (Å²) >= 11 is 0. The zero-order valence-electron chi connectivity index (χ0n) is 16.3. The Hall–Kier alpha value is -2.64. The molecular weight excluding hydrogens is 339 g/mol. The molecule has 142 valence electrons. The first kappa shape index (κ1) is 20.7. The van der Waals surface area contributed by atoms with Crippen molar-refractivity contribution in [2.45, 2.75) is 27.2 Å². The second-order valence-electron chi connectivity index (χ2n) is 6.23. The number of halogens is 1. The summed E-state index contributed by atoms with van der Waals surface area (Å²) < 4.78 is 19.0. The third kappa shape index (κ3) is 5.67. The molecule has 4 heteroatoms. The predicted octanol–water partition coefficient (Wildman–Crippen LogP) is 5.39. The molecule has 0 radical (unpaired) electrons. The summed E-state index contributed by atoms with van der Waals surface area (Å²) in [7, 11) is 0. The van der Waals surface area contributed by atoms with E-state index in [-0.39, 0.29) is 5.82 Å². The van der Waals surface area contributed by atoms with Gasteiger partial charge in [0.1, 0.15) is 24.2 Å². The van der Waals surface area contributed by atoms with Crippen molar-refractivity contribution in [3.63, 3.8) is 0 Å². The average Bonchev–Trinajstić information content (AvgIpc) is 2.71. The lowest BCUT2D eigenvalue weighted by atomic mass is 9.93. The van der Waals surface area contributed by atoms with E-state index in [1.54, 1.807) is 12.1 Å². The van der Waals surface area contributed by atoms with Crippen LogP contribution < -0.4 is 4.74 Å². The molecule has 0 amide bonds. The zero-order valence-corrected chi connectivity index (χ0v) is 16.3. The highest BCUT2D eigenvalue weighted by Crippen LogP contribution is 2.29. The van der Waals surface area contributed by atoms with Crippen molar-refractivity contribution < 1.29 is 9.13 Å². The minimum atomic E-state index is -0.305. The van der Waals surface area contributed by atoms with Crippen molar-refractivity contribution in [2.75, 3.05) is 26.2 Å². The van der Waals surface area contributed by atoms with E-state index in [1.807, 2.05) is 31.2 Å². The summed E-state index contributed by atoms with van der Waals surface area (Å²) in [6.07, 6.45) is 0.711. The van der Waals surface area contributed by atoms with Gasteiger partial charge >= 0.3 is 0 Å². The molecule has 0 saturated carbocycles. The Morgan fingerprint density at radius 3 is 2.07 bits per heavy atom. The molecule has 0 aliphatic heterocycles. The molecule has 0 bridgehead atoms. The minimum absolute atomic E-state index is 0.305. The van der Waals surface area contributed by atoms with Gasteiger partial charge in [0.15, 0.2) is 0 Å². The van der Waals surface area contributed by atoms with Crippen LogP contribution >= 0.6 is 0 Å². The van der Waals surface area contributed by atoms with Gasteiger partial charge in [0.05, 0.1) is 5.57 Å². The summed E-state index contributed by atoms with van der Waals surface area (Å²) in [5.41, 5.74) is 3.23. The van der Waals surface area contributed by atoms with Crippen LogP contribution in [0.1, 0.15) is 38.3 Å². The predicted molar refractivity (Wildman–Crippen MR) is 109 cm³/mol. The van der Waals surface area contributed by atoms with E-state index in [0.717, 1.165) is 42.1 Å². The number of rotatable bonds is 9. The summed E-state index contributed by atoms with van der Waals surface area (Å²) in [6, 6.07) is 16.2. The molecule has 0 spiro atoms. The van der Waals surface area contributed by atoms with Crippen LogP contribution in [0.4, 0.5) is 4.39 Å². The summed E-state index contributed by atoms with van der Waals surface area (Å²) in [5, 5.41) is 9.65. The molecular formula is C23H27FN2O. The van der Waals surface area contributed by atoms with Gasteiger partial charge in [-0.05, 0) is 60.5 Å². The Morgan fingerprint density at radius 1 is 0.963 bits per heavy atom. The second kappa shape index (κ2) is 10.5. The molecule has 0 fully saturated rings. The molecule has 0 heterocycles. The molecule has 0 aromatic heterocycles. The highest BCUT2D eigenvalue weighted by Gasteiger charge is 2.11.